The van der Waals surface area contributed by atoms with E-state index in [-0.39, 0.29) is 5.91 Å². The second kappa shape index (κ2) is 8.25. The van der Waals surface area contributed by atoms with Crippen LogP contribution in [-0.2, 0) is 11.2 Å². The van der Waals surface area contributed by atoms with Gasteiger partial charge in [-0.2, -0.15) is 0 Å². The van der Waals surface area contributed by atoms with Gasteiger partial charge in [0.15, 0.2) is 0 Å². The maximum absolute atomic E-state index is 12.5. The van der Waals surface area contributed by atoms with Crippen LogP contribution in [0.15, 0.2) is 85.6 Å². The van der Waals surface area contributed by atoms with Gasteiger partial charge < -0.3 is 15.3 Å². The summed E-state index contributed by atoms with van der Waals surface area (Å²) < 4.78 is 0. The molecule has 8 heteroatoms. The molecule has 1 amide bonds. The number of carbonyl (C=O) groups excluding carboxylic acids is 1. The summed E-state index contributed by atoms with van der Waals surface area (Å²) in [6.45, 7) is 0. The molecule has 0 aliphatic rings. The molecule has 0 unspecified atom stereocenters. The zero-order chi connectivity index (χ0) is 22.9. The summed E-state index contributed by atoms with van der Waals surface area (Å²) in [6.07, 6.45) is 9.02. The Hall–Kier alpha value is -4.85. The van der Waals surface area contributed by atoms with Gasteiger partial charge in [0.2, 0.25) is 5.91 Å². The summed E-state index contributed by atoms with van der Waals surface area (Å²) in [4.78, 5) is 37.0. The van der Waals surface area contributed by atoms with Gasteiger partial charge in [0, 0.05) is 24.2 Å². The predicted octanol–water partition coefficient (Wildman–Crippen LogP) is 4.74. The van der Waals surface area contributed by atoms with Crippen molar-refractivity contribution in [3.05, 3.63) is 91.1 Å². The van der Waals surface area contributed by atoms with Crippen LogP contribution < -0.4 is 5.32 Å². The molecule has 34 heavy (non-hydrogen) atoms. The molecule has 1 aromatic carbocycles. The Morgan fingerprint density at radius 2 is 1.82 bits per heavy atom. The first-order chi connectivity index (χ1) is 16.7. The third kappa shape index (κ3) is 3.77. The second-order valence-corrected chi connectivity index (χ2v) is 7.95. The Morgan fingerprint density at radius 3 is 2.71 bits per heavy atom. The molecule has 0 saturated heterocycles. The molecule has 8 nitrogen and oxygen atoms in total. The highest BCUT2D eigenvalue weighted by Crippen LogP contribution is 2.29. The molecule has 0 fully saturated rings. The topological polar surface area (TPSA) is 112 Å². The van der Waals surface area contributed by atoms with E-state index in [0.29, 0.717) is 12.1 Å². The standard InChI is InChI=1S/C26H19N7O/c34-24(10-16-4-2-1-3-5-16)30-18-11-17(12-28-13-18)20-6-7-22-25(31-20)19(14-29-22)26-32-21-8-9-27-15-23(21)33-26/h1-9,11-15,29H,10H2,(H,30,34)(H,32,33). The molecule has 164 valence electrons. The minimum absolute atomic E-state index is 0.0964. The lowest BCUT2D eigenvalue weighted by Crippen LogP contribution is -2.14. The fourth-order valence-electron chi connectivity index (χ4n) is 3.96. The van der Waals surface area contributed by atoms with Gasteiger partial charge >= 0.3 is 0 Å². The SMILES string of the molecule is O=C(Cc1ccccc1)Nc1cncc(-c2ccc3[nH]cc(-c4nc5cnccc5[nH]4)c3n2)c1. The van der Waals surface area contributed by atoms with E-state index in [2.05, 4.69) is 30.2 Å². The monoisotopic (exact) mass is 445 g/mol. The molecule has 3 N–H and O–H groups in total. The van der Waals surface area contributed by atoms with Crippen molar-refractivity contribution in [3.8, 4) is 22.6 Å². The average molecular weight is 445 g/mol. The van der Waals surface area contributed by atoms with E-state index < -0.39 is 0 Å². The Morgan fingerprint density at radius 1 is 0.912 bits per heavy atom. The predicted molar refractivity (Wildman–Crippen MR) is 131 cm³/mol. The van der Waals surface area contributed by atoms with Gasteiger partial charge in [-0.25, -0.2) is 9.97 Å². The Bertz CT molecular complexity index is 1600. The van der Waals surface area contributed by atoms with Crippen LogP contribution in [0.4, 0.5) is 5.69 Å². The number of aromatic nitrogens is 6. The molecule has 0 aliphatic carbocycles. The van der Waals surface area contributed by atoms with Gasteiger partial charge in [0.1, 0.15) is 11.3 Å². The molecule has 6 rings (SSSR count). The number of anilines is 1. The molecule has 5 heterocycles. The minimum Gasteiger partial charge on any atom is -0.359 e. The molecule has 0 atom stereocenters. The van der Waals surface area contributed by atoms with Crippen LogP contribution in [0.25, 0.3) is 44.7 Å². The van der Waals surface area contributed by atoms with Crippen LogP contribution in [0.2, 0.25) is 0 Å². The second-order valence-electron chi connectivity index (χ2n) is 7.95. The third-order valence-electron chi connectivity index (χ3n) is 5.59. The number of benzene rings is 1. The summed E-state index contributed by atoms with van der Waals surface area (Å²) in [7, 11) is 0. The number of imidazole rings is 1. The number of nitrogens with zero attached hydrogens (tertiary/aromatic N) is 4. The van der Waals surface area contributed by atoms with Crippen molar-refractivity contribution in [2.24, 2.45) is 0 Å². The van der Waals surface area contributed by atoms with Gasteiger partial charge in [-0.05, 0) is 29.8 Å². The molecular weight excluding hydrogens is 426 g/mol. The molecule has 0 radical (unpaired) electrons. The Kier molecular flexibility index (Phi) is 4.81. The smallest absolute Gasteiger partial charge is 0.228 e. The highest BCUT2D eigenvalue weighted by Gasteiger charge is 2.14. The van der Waals surface area contributed by atoms with E-state index in [1.807, 2.05) is 60.8 Å². The molecule has 0 spiro atoms. The van der Waals surface area contributed by atoms with Crippen LogP contribution in [-0.4, -0.2) is 35.8 Å². The van der Waals surface area contributed by atoms with Crippen molar-refractivity contribution in [1.82, 2.24) is 29.9 Å². The normalized spacial score (nSPS) is 11.2. The van der Waals surface area contributed by atoms with E-state index in [1.54, 1.807) is 24.8 Å². The lowest BCUT2D eigenvalue weighted by Gasteiger charge is -2.07. The number of hydrogen-bond acceptors (Lipinski definition) is 5. The van der Waals surface area contributed by atoms with Crippen molar-refractivity contribution in [3.63, 3.8) is 0 Å². The average Bonchev–Trinajstić information content (AvgIpc) is 3.48. The Balaban J connectivity index is 1.30. The van der Waals surface area contributed by atoms with Crippen LogP contribution in [0.1, 0.15) is 5.56 Å². The number of rotatable bonds is 5. The molecule has 6 aromatic rings. The van der Waals surface area contributed by atoms with Gasteiger partial charge in [0.05, 0.1) is 52.3 Å². The fraction of sp³-hybridized carbons (Fsp3) is 0.0385. The van der Waals surface area contributed by atoms with Crippen LogP contribution in [0, 0.1) is 0 Å². The van der Waals surface area contributed by atoms with Gasteiger partial charge in [-0.1, -0.05) is 30.3 Å². The fourth-order valence-corrected chi connectivity index (χ4v) is 3.96. The van der Waals surface area contributed by atoms with Gasteiger partial charge in [-0.15, -0.1) is 0 Å². The molecule has 5 aromatic heterocycles. The van der Waals surface area contributed by atoms with E-state index >= 15 is 0 Å². The van der Waals surface area contributed by atoms with Crippen LogP contribution >= 0.6 is 0 Å². The lowest BCUT2D eigenvalue weighted by molar-refractivity contribution is -0.115. The zero-order valence-electron chi connectivity index (χ0n) is 18.0. The van der Waals surface area contributed by atoms with Crippen molar-refractivity contribution in [1.29, 1.82) is 0 Å². The van der Waals surface area contributed by atoms with Gasteiger partial charge in [0.25, 0.3) is 0 Å². The highest BCUT2D eigenvalue weighted by atomic mass is 16.1. The van der Waals surface area contributed by atoms with Crippen LogP contribution in [0.5, 0.6) is 0 Å². The third-order valence-corrected chi connectivity index (χ3v) is 5.59. The molecule has 0 bridgehead atoms. The van der Waals surface area contributed by atoms with Crippen molar-refractivity contribution in [2.75, 3.05) is 5.32 Å². The molecule has 0 saturated carbocycles. The summed E-state index contributed by atoms with van der Waals surface area (Å²) in [5.41, 5.74) is 7.41. The van der Waals surface area contributed by atoms with Crippen LogP contribution in [0.3, 0.4) is 0 Å². The van der Waals surface area contributed by atoms with E-state index in [4.69, 9.17) is 4.98 Å². The summed E-state index contributed by atoms with van der Waals surface area (Å²) in [6, 6.07) is 17.3. The first-order valence-corrected chi connectivity index (χ1v) is 10.8. The van der Waals surface area contributed by atoms with Crippen molar-refractivity contribution < 1.29 is 4.79 Å². The zero-order valence-corrected chi connectivity index (χ0v) is 18.0. The van der Waals surface area contributed by atoms with E-state index in [9.17, 15) is 4.79 Å². The molecule has 0 aliphatic heterocycles. The quantitative estimate of drug-likeness (QED) is 0.355. The minimum atomic E-state index is -0.0964. The summed E-state index contributed by atoms with van der Waals surface area (Å²) in [5, 5.41) is 2.93. The van der Waals surface area contributed by atoms with E-state index in [0.717, 1.165) is 50.3 Å². The molecular formula is C26H19N7O. The Labute approximate surface area is 194 Å². The lowest BCUT2D eigenvalue weighted by atomic mass is 10.1. The first-order valence-electron chi connectivity index (χ1n) is 10.8. The summed E-state index contributed by atoms with van der Waals surface area (Å²) >= 11 is 0. The van der Waals surface area contributed by atoms with Gasteiger partial charge in [-0.3, -0.25) is 14.8 Å². The number of aromatic amines is 2. The number of H-pyrrole nitrogens is 2. The van der Waals surface area contributed by atoms with Crippen molar-refractivity contribution >= 4 is 33.7 Å². The number of hydrogen-bond donors (Lipinski definition) is 3. The number of pyridine rings is 3. The maximum atomic E-state index is 12.5. The number of nitrogens with one attached hydrogen (secondary N) is 3. The number of fused-ring (bicyclic) bond motifs is 2. The highest BCUT2D eigenvalue weighted by molar-refractivity contribution is 5.95. The number of carbonyl (C=O) groups is 1. The summed E-state index contributed by atoms with van der Waals surface area (Å²) in [5.74, 6) is 0.625. The van der Waals surface area contributed by atoms with Crippen molar-refractivity contribution in [2.45, 2.75) is 6.42 Å². The first kappa shape index (κ1) is 19.8. The van der Waals surface area contributed by atoms with E-state index in [1.165, 1.54) is 0 Å². The number of amides is 1. The largest absolute Gasteiger partial charge is 0.359 e. The maximum Gasteiger partial charge on any atom is 0.228 e.